The second kappa shape index (κ2) is 4.81. The monoisotopic (exact) mass is 305 g/mol. The molecule has 0 spiro atoms. The first-order chi connectivity index (χ1) is 8.04. The minimum atomic E-state index is -5.00. The normalized spacial score (nSPS) is 12.3. The van der Waals surface area contributed by atoms with Crippen LogP contribution in [-0.2, 0) is 9.05 Å². The van der Waals surface area contributed by atoms with Crippen LogP contribution in [0.5, 0.6) is 11.6 Å². The lowest BCUT2D eigenvalue weighted by atomic mass is 10.3. The van der Waals surface area contributed by atoms with Gasteiger partial charge in [0.25, 0.3) is 14.9 Å². The van der Waals surface area contributed by atoms with Gasteiger partial charge in [0.1, 0.15) is 4.90 Å². The van der Waals surface area contributed by atoms with Crippen molar-refractivity contribution >= 4 is 19.7 Å². The molecule has 0 aliphatic carbocycles. The van der Waals surface area contributed by atoms with Crippen molar-refractivity contribution in [2.45, 2.75) is 18.2 Å². The summed E-state index contributed by atoms with van der Waals surface area (Å²) in [4.78, 5) is 2.95. The Morgan fingerprint density at radius 1 is 1.39 bits per heavy atom. The molecule has 0 atom stereocenters. The summed E-state index contributed by atoms with van der Waals surface area (Å²) in [6.45, 7) is 1.26. The van der Waals surface area contributed by atoms with Crippen LogP contribution >= 0.6 is 10.7 Å². The Morgan fingerprint density at radius 3 is 2.33 bits per heavy atom. The summed E-state index contributed by atoms with van der Waals surface area (Å²) >= 11 is 0. The summed E-state index contributed by atoms with van der Waals surface area (Å²) in [5, 5.41) is 0. The Morgan fingerprint density at radius 2 is 1.94 bits per heavy atom. The van der Waals surface area contributed by atoms with Gasteiger partial charge in [-0.05, 0) is 6.92 Å². The first kappa shape index (κ1) is 14.8. The zero-order valence-electron chi connectivity index (χ0n) is 9.08. The highest BCUT2D eigenvalue weighted by molar-refractivity contribution is 8.13. The Kier molecular flexibility index (Phi) is 3.96. The topological polar surface area (TPSA) is 65.5 Å². The van der Waals surface area contributed by atoms with Gasteiger partial charge in [-0.1, -0.05) is 0 Å². The molecule has 0 bridgehead atoms. The van der Waals surface area contributed by atoms with Crippen molar-refractivity contribution in [1.29, 1.82) is 0 Å². The zero-order chi connectivity index (χ0) is 14.1. The summed E-state index contributed by atoms with van der Waals surface area (Å²) < 4.78 is 66.7. The zero-order valence-corrected chi connectivity index (χ0v) is 10.7. The summed E-state index contributed by atoms with van der Waals surface area (Å²) in [5.74, 6) is -1.37. The molecule has 1 aromatic rings. The smallest absolute Gasteiger partial charge is 0.478 e. The van der Waals surface area contributed by atoms with E-state index < -0.39 is 31.9 Å². The van der Waals surface area contributed by atoms with E-state index in [1.807, 2.05) is 0 Å². The van der Waals surface area contributed by atoms with E-state index in [-0.39, 0.29) is 5.69 Å². The Bertz CT molecular complexity index is 558. The third kappa shape index (κ3) is 3.64. The number of ether oxygens (including phenoxy) is 2. The third-order valence-corrected chi connectivity index (χ3v) is 3.22. The van der Waals surface area contributed by atoms with E-state index in [9.17, 15) is 21.6 Å². The van der Waals surface area contributed by atoms with Crippen molar-refractivity contribution in [3.8, 4) is 11.6 Å². The van der Waals surface area contributed by atoms with Crippen LogP contribution in [0.4, 0.5) is 13.2 Å². The van der Waals surface area contributed by atoms with Gasteiger partial charge < -0.3 is 9.47 Å². The molecule has 0 saturated heterocycles. The van der Waals surface area contributed by atoms with Crippen LogP contribution in [0.2, 0.25) is 0 Å². The molecular formula is C8H7ClF3NO4S. The van der Waals surface area contributed by atoms with E-state index >= 15 is 0 Å². The van der Waals surface area contributed by atoms with Crippen LogP contribution < -0.4 is 9.47 Å². The van der Waals surface area contributed by atoms with Gasteiger partial charge >= 0.3 is 6.36 Å². The fraction of sp³-hybridized carbons (Fsp3) is 0.375. The summed E-state index contributed by atoms with van der Waals surface area (Å²) in [5.41, 5.74) is -0.101. The lowest BCUT2D eigenvalue weighted by molar-refractivity contribution is -0.275. The maximum atomic E-state index is 12.1. The Labute approximate surface area is 105 Å². The molecule has 0 fully saturated rings. The molecule has 102 valence electrons. The standard InChI is InChI=1S/C8H7ClF3NO4S/c1-4-6(18(9,14)15)3-5(7(13-4)16-2)17-8(10,11)12/h3H,1-2H3. The van der Waals surface area contributed by atoms with Gasteiger partial charge in [0.15, 0.2) is 5.75 Å². The molecule has 0 saturated carbocycles. The molecule has 1 aromatic heterocycles. The van der Waals surface area contributed by atoms with E-state index in [1.54, 1.807) is 0 Å². The number of alkyl halides is 3. The van der Waals surface area contributed by atoms with E-state index in [4.69, 9.17) is 10.7 Å². The average molecular weight is 306 g/mol. The number of methoxy groups -OCH3 is 1. The molecule has 0 amide bonds. The van der Waals surface area contributed by atoms with Crippen molar-refractivity contribution in [3.05, 3.63) is 11.8 Å². The first-order valence-corrected chi connectivity index (χ1v) is 6.61. The summed E-state index contributed by atoms with van der Waals surface area (Å²) in [7, 11) is 1.90. The molecular weight excluding hydrogens is 299 g/mol. The molecule has 10 heteroatoms. The molecule has 1 heterocycles. The first-order valence-electron chi connectivity index (χ1n) is 4.30. The SMILES string of the molecule is COc1nc(C)c(S(=O)(=O)Cl)cc1OC(F)(F)F. The van der Waals surface area contributed by atoms with Gasteiger partial charge in [0.2, 0.25) is 0 Å². The number of nitrogens with zero attached hydrogens (tertiary/aromatic N) is 1. The number of halogens is 4. The van der Waals surface area contributed by atoms with Crippen LogP contribution in [0.1, 0.15) is 5.69 Å². The van der Waals surface area contributed by atoms with Crippen molar-refractivity contribution < 1.29 is 31.1 Å². The second-order valence-corrected chi connectivity index (χ2v) is 5.60. The Hall–Kier alpha value is -1.22. The fourth-order valence-electron chi connectivity index (χ4n) is 1.14. The minimum absolute atomic E-state index is 0.101. The van der Waals surface area contributed by atoms with Gasteiger partial charge in [-0.15, -0.1) is 13.2 Å². The maximum Gasteiger partial charge on any atom is 0.573 e. The van der Waals surface area contributed by atoms with Gasteiger partial charge in [0, 0.05) is 16.7 Å². The number of rotatable bonds is 3. The molecule has 0 aliphatic rings. The third-order valence-electron chi connectivity index (χ3n) is 1.78. The second-order valence-electron chi connectivity index (χ2n) is 3.06. The van der Waals surface area contributed by atoms with Crippen molar-refractivity contribution in [3.63, 3.8) is 0 Å². The number of aromatic nitrogens is 1. The number of aryl methyl sites for hydroxylation is 1. The lowest BCUT2D eigenvalue weighted by Gasteiger charge is -2.13. The van der Waals surface area contributed by atoms with Crippen molar-refractivity contribution in [1.82, 2.24) is 4.98 Å². The van der Waals surface area contributed by atoms with Crippen LogP contribution in [0.25, 0.3) is 0 Å². The molecule has 5 nitrogen and oxygen atoms in total. The average Bonchev–Trinajstić information content (AvgIpc) is 2.16. The molecule has 0 N–H and O–H groups in total. The lowest BCUT2D eigenvalue weighted by Crippen LogP contribution is -2.18. The highest BCUT2D eigenvalue weighted by Gasteiger charge is 2.34. The highest BCUT2D eigenvalue weighted by Crippen LogP contribution is 2.34. The van der Waals surface area contributed by atoms with E-state index in [2.05, 4.69) is 14.5 Å². The Balaban J connectivity index is 3.41. The van der Waals surface area contributed by atoms with Gasteiger partial charge in [0.05, 0.1) is 12.8 Å². The van der Waals surface area contributed by atoms with Crippen molar-refractivity contribution in [2.24, 2.45) is 0 Å². The van der Waals surface area contributed by atoms with Crippen LogP contribution in [0, 0.1) is 6.92 Å². The largest absolute Gasteiger partial charge is 0.573 e. The van der Waals surface area contributed by atoms with Gasteiger partial charge in [-0.3, -0.25) is 0 Å². The van der Waals surface area contributed by atoms with E-state index in [0.29, 0.717) is 6.07 Å². The molecule has 0 radical (unpaired) electrons. The van der Waals surface area contributed by atoms with Crippen LogP contribution in [-0.4, -0.2) is 26.9 Å². The van der Waals surface area contributed by atoms with E-state index in [1.165, 1.54) is 6.92 Å². The van der Waals surface area contributed by atoms with Gasteiger partial charge in [-0.25, -0.2) is 13.4 Å². The number of hydrogen-bond acceptors (Lipinski definition) is 5. The molecule has 0 aliphatic heterocycles. The quantitative estimate of drug-likeness (QED) is 0.801. The molecule has 0 unspecified atom stereocenters. The summed E-state index contributed by atoms with van der Waals surface area (Å²) in [6.07, 6.45) is -5.00. The van der Waals surface area contributed by atoms with Crippen LogP contribution in [0.3, 0.4) is 0 Å². The minimum Gasteiger partial charge on any atom is -0.478 e. The summed E-state index contributed by atoms with van der Waals surface area (Å²) in [6, 6.07) is 0.608. The van der Waals surface area contributed by atoms with E-state index in [0.717, 1.165) is 7.11 Å². The highest BCUT2D eigenvalue weighted by atomic mass is 35.7. The number of hydrogen-bond donors (Lipinski definition) is 0. The molecule has 18 heavy (non-hydrogen) atoms. The predicted molar refractivity (Wildman–Crippen MR) is 55.2 cm³/mol. The molecule has 1 rings (SSSR count). The maximum absolute atomic E-state index is 12.1. The fourth-order valence-corrected chi connectivity index (χ4v) is 2.25. The van der Waals surface area contributed by atoms with Gasteiger partial charge in [-0.2, -0.15) is 0 Å². The van der Waals surface area contributed by atoms with Crippen LogP contribution in [0.15, 0.2) is 11.0 Å². The van der Waals surface area contributed by atoms with Crippen molar-refractivity contribution in [2.75, 3.05) is 7.11 Å². The number of pyridine rings is 1. The molecule has 0 aromatic carbocycles. The predicted octanol–water partition coefficient (Wildman–Crippen LogP) is 2.22.